The number of hydrogen-bond acceptors (Lipinski definition) is 3. The number of carbonyl (C=O) groups excluding carboxylic acids is 1. The number of piperidine rings is 1. The molecule has 1 aromatic heterocycles. The lowest BCUT2D eigenvalue weighted by atomic mass is 9.86. The second kappa shape index (κ2) is 4.22. The molecular weight excluding hydrogens is 212 g/mol. The topological polar surface area (TPSA) is 42.0 Å². The fourth-order valence-corrected chi connectivity index (χ4v) is 3.20. The van der Waals surface area contributed by atoms with Gasteiger partial charge in [-0.3, -0.25) is 9.78 Å². The van der Waals surface area contributed by atoms with E-state index in [0.717, 1.165) is 24.0 Å². The van der Waals surface area contributed by atoms with Crippen LogP contribution in [0.4, 0.5) is 0 Å². The first-order chi connectivity index (χ1) is 8.22. The van der Waals surface area contributed by atoms with Gasteiger partial charge in [-0.25, -0.2) is 0 Å². The number of nitrogens with one attached hydrogen (secondary N) is 1. The van der Waals surface area contributed by atoms with E-state index >= 15 is 0 Å². The third-order valence-electron chi connectivity index (χ3n) is 4.00. The normalized spacial score (nSPS) is 31.5. The Labute approximate surface area is 102 Å². The summed E-state index contributed by atoms with van der Waals surface area (Å²) in [5.74, 6) is 0.497. The molecule has 2 fully saturated rings. The molecule has 3 rings (SSSR count). The molecule has 17 heavy (non-hydrogen) atoms. The zero-order valence-corrected chi connectivity index (χ0v) is 10.1. The van der Waals surface area contributed by atoms with Gasteiger partial charge in [0.25, 0.3) is 0 Å². The number of aromatic nitrogens is 1. The Hall–Kier alpha value is -1.22. The van der Waals surface area contributed by atoms with E-state index in [1.807, 2.05) is 13.0 Å². The molecule has 0 saturated carbocycles. The summed E-state index contributed by atoms with van der Waals surface area (Å²) in [4.78, 5) is 16.5. The van der Waals surface area contributed by atoms with Gasteiger partial charge in [-0.05, 0) is 44.2 Å². The van der Waals surface area contributed by atoms with Crippen molar-refractivity contribution in [1.29, 1.82) is 0 Å². The largest absolute Gasteiger partial charge is 0.311 e. The molecule has 3 nitrogen and oxygen atoms in total. The van der Waals surface area contributed by atoms with Crippen LogP contribution in [0.15, 0.2) is 18.5 Å². The van der Waals surface area contributed by atoms with Crippen LogP contribution in [0.3, 0.4) is 0 Å². The lowest BCUT2D eigenvalue weighted by Crippen LogP contribution is -2.40. The highest BCUT2D eigenvalue weighted by Crippen LogP contribution is 2.32. The highest BCUT2D eigenvalue weighted by atomic mass is 16.1. The third kappa shape index (κ3) is 2.12. The summed E-state index contributed by atoms with van der Waals surface area (Å²) in [5.41, 5.74) is 1.85. The van der Waals surface area contributed by atoms with E-state index < -0.39 is 0 Å². The van der Waals surface area contributed by atoms with Crippen molar-refractivity contribution >= 4 is 5.78 Å². The van der Waals surface area contributed by atoms with Gasteiger partial charge in [-0.1, -0.05) is 0 Å². The quantitative estimate of drug-likeness (QED) is 0.791. The highest BCUT2D eigenvalue weighted by Gasteiger charge is 2.36. The molecule has 2 aliphatic rings. The van der Waals surface area contributed by atoms with E-state index in [1.165, 1.54) is 12.8 Å². The Morgan fingerprint density at radius 2 is 2.00 bits per heavy atom. The maximum Gasteiger partial charge on any atom is 0.167 e. The standard InChI is InChI=1S/C14H18N2O/c1-9-4-11(8-15-7-9)14(17)10-5-12-2-3-13(6-10)16-12/h4,7-8,10,12-13,16H,2-3,5-6H2,1H3. The maximum atomic E-state index is 12.4. The summed E-state index contributed by atoms with van der Waals surface area (Å²) in [7, 11) is 0. The van der Waals surface area contributed by atoms with Crippen molar-refractivity contribution in [2.24, 2.45) is 5.92 Å². The third-order valence-corrected chi connectivity index (χ3v) is 4.00. The van der Waals surface area contributed by atoms with Crippen LogP contribution in [0.2, 0.25) is 0 Å². The van der Waals surface area contributed by atoms with Crippen LogP contribution in [0.25, 0.3) is 0 Å². The Bertz CT molecular complexity index is 432. The average molecular weight is 230 g/mol. The molecule has 3 heterocycles. The first-order valence-corrected chi connectivity index (χ1v) is 6.44. The number of carbonyl (C=O) groups is 1. The van der Waals surface area contributed by atoms with Gasteiger partial charge in [0.2, 0.25) is 0 Å². The SMILES string of the molecule is Cc1cncc(C(=O)C2CC3CCC(C2)N3)c1. The maximum absolute atomic E-state index is 12.4. The van der Waals surface area contributed by atoms with Gasteiger partial charge in [0, 0.05) is 36.0 Å². The fraction of sp³-hybridized carbons (Fsp3) is 0.571. The molecule has 0 aliphatic carbocycles. The highest BCUT2D eigenvalue weighted by molar-refractivity contribution is 5.97. The first-order valence-electron chi connectivity index (χ1n) is 6.44. The summed E-state index contributed by atoms with van der Waals surface area (Å²) >= 11 is 0. The molecule has 3 heteroatoms. The summed E-state index contributed by atoms with van der Waals surface area (Å²) in [6.07, 6.45) is 7.98. The van der Waals surface area contributed by atoms with Crippen molar-refractivity contribution in [2.75, 3.05) is 0 Å². The van der Waals surface area contributed by atoms with Crippen molar-refractivity contribution < 1.29 is 4.79 Å². The molecule has 0 aromatic carbocycles. The van der Waals surface area contributed by atoms with Crippen molar-refractivity contribution in [1.82, 2.24) is 10.3 Å². The molecule has 2 unspecified atom stereocenters. The molecule has 1 N–H and O–H groups in total. The lowest BCUT2D eigenvalue weighted by molar-refractivity contribution is 0.0875. The van der Waals surface area contributed by atoms with E-state index in [-0.39, 0.29) is 5.92 Å². The summed E-state index contributed by atoms with van der Waals surface area (Å²) in [6.45, 7) is 1.98. The summed E-state index contributed by atoms with van der Waals surface area (Å²) in [5, 5.41) is 3.57. The smallest absolute Gasteiger partial charge is 0.167 e. The van der Waals surface area contributed by atoms with E-state index in [0.29, 0.717) is 17.9 Å². The van der Waals surface area contributed by atoms with E-state index in [1.54, 1.807) is 12.4 Å². The van der Waals surface area contributed by atoms with Crippen LogP contribution in [-0.4, -0.2) is 22.9 Å². The summed E-state index contributed by atoms with van der Waals surface area (Å²) in [6, 6.07) is 3.10. The van der Waals surface area contributed by atoms with Gasteiger partial charge < -0.3 is 5.32 Å². The number of pyridine rings is 1. The van der Waals surface area contributed by atoms with Gasteiger partial charge in [0.05, 0.1) is 0 Å². The Morgan fingerprint density at radius 1 is 1.29 bits per heavy atom. The van der Waals surface area contributed by atoms with Gasteiger partial charge in [-0.2, -0.15) is 0 Å². The lowest BCUT2D eigenvalue weighted by Gasteiger charge is -2.28. The molecule has 2 bridgehead atoms. The van der Waals surface area contributed by atoms with Crippen LogP contribution < -0.4 is 5.32 Å². The molecule has 0 amide bonds. The zero-order chi connectivity index (χ0) is 11.8. The second-order valence-electron chi connectivity index (χ2n) is 5.42. The first kappa shape index (κ1) is 10.9. The number of Topliss-reactive ketones (excluding diaryl/α,β-unsaturated/α-hetero) is 1. The van der Waals surface area contributed by atoms with Crippen LogP contribution in [0.5, 0.6) is 0 Å². The molecular formula is C14H18N2O. The molecule has 90 valence electrons. The molecule has 0 spiro atoms. The van der Waals surface area contributed by atoms with E-state index in [4.69, 9.17) is 0 Å². The predicted molar refractivity (Wildman–Crippen MR) is 66.0 cm³/mol. The van der Waals surface area contributed by atoms with Gasteiger partial charge in [0.15, 0.2) is 5.78 Å². The van der Waals surface area contributed by atoms with Crippen molar-refractivity contribution in [2.45, 2.75) is 44.7 Å². The Balaban J connectivity index is 1.78. The minimum atomic E-state index is 0.206. The Kier molecular flexibility index (Phi) is 2.71. The van der Waals surface area contributed by atoms with E-state index in [2.05, 4.69) is 10.3 Å². The molecule has 2 atom stereocenters. The fourth-order valence-electron chi connectivity index (χ4n) is 3.20. The minimum absolute atomic E-state index is 0.206. The summed E-state index contributed by atoms with van der Waals surface area (Å²) < 4.78 is 0. The van der Waals surface area contributed by atoms with Crippen molar-refractivity contribution in [3.63, 3.8) is 0 Å². The number of nitrogens with zero attached hydrogens (tertiary/aromatic N) is 1. The zero-order valence-electron chi connectivity index (χ0n) is 10.1. The molecule has 2 aliphatic heterocycles. The number of ketones is 1. The number of aryl methyl sites for hydroxylation is 1. The van der Waals surface area contributed by atoms with Crippen molar-refractivity contribution in [3.05, 3.63) is 29.6 Å². The minimum Gasteiger partial charge on any atom is -0.311 e. The Morgan fingerprint density at radius 3 is 2.65 bits per heavy atom. The molecule has 0 radical (unpaired) electrons. The number of fused-ring (bicyclic) bond motifs is 2. The van der Waals surface area contributed by atoms with Crippen LogP contribution in [0.1, 0.15) is 41.6 Å². The van der Waals surface area contributed by atoms with Crippen LogP contribution in [0, 0.1) is 12.8 Å². The average Bonchev–Trinajstić information content (AvgIpc) is 2.67. The van der Waals surface area contributed by atoms with Gasteiger partial charge >= 0.3 is 0 Å². The van der Waals surface area contributed by atoms with E-state index in [9.17, 15) is 4.79 Å². The molecule has 1 aromatic rings. The van der Waals surface area contributed by atoms with Crippen molar-refractivity contribution in [3.8, 4) is 0 Å². The van der Waals surface area contributed by atoms with Crippen LogP contribution in [-0.2, 0) is 0 Å². The molecule has 2 saturated heterocycles. The van der Waals surface area contributed by atoms with Gasteiger partial charge in [0.1, 0.15) is 0 Å². The second-order valence-corrected chi connectivity index (χ2v) is 5.42. The van der Waals surface area contributed by atoms with Gasteiger partial charge in [-0.15, -0.1) is 0 Å². The van der Waals surface area contributed by atoms with Crippen LogP contribution >= 0.6 is 0 Å². The number of rotatable bonds is 2. The predicted octanol–water partition coefficient (Wildman–Crippen LogP) is 2.10. The monoisotopic (exact) mass is 230 g/mol. The number of hydrogen-bond donors (Lipinski definition) is 1.